The summed E-state index contributed by atoms with van der Waals surface area (Å²) in [5.74, 6) is -0.607. The van der Waals surface area contributed by atoms with Crippen LogP contribution in [0.4, 0.5) is 23.2 Å². The van der Waals surface area contributed by atoms with Crippen LogP contribution in [0.15, 0.2) is 35.2 Å². The fraction of sp³-hybridized carbons (Fsp3) is 0.500. The van der Waals surface area contributed by atoms with Gasteiger partial charge in [0, 0.05) is 25.5 Å². The number of nitrogens with zero attached hydrogens (tertiary/aromatic N) is 7. The number of hydrogen-bond donors (Lipinski definition) is 2. The van der Waals surface area contributed by atoms with Crippen LogP contribution >= 0.6 is 0 Å². The first-order chi connectivity index (χ1) is 19.3. The summed E-state index contributed by atoms with van der Waals surface area (Å²) in [6.45, 7) is 6.61. The predicted molar refractivity (Wildman–Crippen MR) is 141 cm³/mol. The molecule has 1 aliphatic rings. The highest BCUT2D eigenvalue weighted by atomic mass is 19.4. The highest BCUT2D eigenvalue weighted by Gasteiger charge is 2.34. The lowest BCUT2D eigenvalue weighted by molar-refractivity contribution is -0.127. The summed E-state index contributed by atoms with van der Waals surface area (Å²) in [5.41, 5.74) is 0.284. The number of anilines is 1. The molecule has 220 valence electrons. The van der Waals surface area contributed by atoms with Crippen molar-refractivity contribution in [1.82, 2.24) is 39.5 Å². The molecule has 5 heterocycles. The molecule has 0 saturated carbocycles. The smallest absolute Gasteiger partial charge is 0.376 e. The van der Waals surface area contributed by atoms with Crippen LogP contribution in [0.5, 0.6) is 0 Å². The van der Waals surface area contributed by atoms with Gasteiger partial charge in [0.05, 0.1) is 47.7 Å². The Kier molecular flexibility index (Phi) is 7.48. The van der Waals surface area contributed by atoms with E-state index >= 15 is 0 Å². The molecule has 2 N–H and O–H groups in total. The lowest BCUT2D eigenvalue weighted by Gasteiger charge is -2.33. The number of rotatable bonds is 7. The molecule has 0 unspecified atom stereocenters. The van der Waals surface area contributed by atoms with Crippen molar-refractivity contribution >= 4 is 17.2 Å². The number of likely N-dealkylation sites (tertiary alicyclic amines) is 1. The maximum Gasteiger partial charge on any atom is 0.394 e. The van der Waals surface area contributed by atoms with E-state index in [9.17, 15) is 22.4 Å². The van der Waals surface area contributed by atoms with E-state index in [1.165, 1.54) is 16.8 Å². The van der Waals surface area contributed by atoms with E-state index in [0.29, 0.717) is 24.2 Å². The van der Waals surface area contributed by atoms with Crippen molar-refractivity contribution in [2.45, 2.75) is 64.1 Å². The quantitative estimate of drug-likeness (QED) is 0.319. The minimum atomic E-state index is -4.55. The Hall–Kier alpha value is -4.01. The van der Waals surface area contributed by atoms with Crippen LogP contribution < -0.4 is 10.6 Å². The number of hydrogen-bond acceptors (Lipinski definition) is 8. The minimum absolute atomic E-state index is 0.0171. The van der Waals surface area contributed by atoms with Crippen LogP contribution in [-0.4, -0.2) is 78.6 Å². The van der Waals surface area contributed by atoms with Crippen molar-refractivity contribution in [1.29, 1.82) is 0 Å². The zero-order valence-corrected chi connectivity index (χ0v) is 23.0. The molecule has 5 rings (SSSR count). The van der Waals surface area contributed by atoms with Gasteiger partial charge in [0.15, 0.2) is 5.65 Å². The van der Waals surface area contributed by atoms with E-state index in [1.807, 2.05) is 32.7 Å². The van der Waals surface area contributed by atoms with Crippen LogP contribution in [0, 0.1) is 0 Å². The third-order valence-electron chi connectivity index (χ3n) is 6.81. The second kappa shape index (κ2) is 10.8. The number of carbonyl (C=O) groups is 1. The Morgan fingerprint density at radius 1 is 1.22 bits per heavy atom. The van der Waals surface area contributed by atoms with Crippen LogP contribution in [0.25, 0.3) is 17.2 Å². The second-order valence-corrected chi connectivity index (χ2v) is 11.2. The summed E-state index contributed by atoms with van der Waals surface area (Å²) in [4.78, 5) is 23.1. The lowest BCUT2D eigenvalue weighted by Crippen LogP contribution is -2.46. The number of aromatic nitrogens is 6. The molecule has 15 heteroatoms. The van der Waals surface area contributed by atoms with Crippen molar-refractivity contribution in [3.63, 3.8) is 0 Å². The number of piperidine rings is 1. The van der Waals surface area contributed by atoms with Gasteiger partial charge in [0.25, 0.3) is 5.91 Å². The van der Waals surface area contributed by atoms with Crippen molar-refractivity contribution in [3.8, 4) is 11.5 Å². The average molecular weight is 578 g/mol. The van der Waals surface area contributed by atoms with Crippen LogP contribution in [0.3, 0.4) is 0 Å². The topological polar surface area (TPSA) is 118 Å². The number of nitrogens with one attached hydrogen (secondary N) is 2. The Morgan fingerprint density at radius 3 is 2.68 bits per heavy atom. The van der Waals surface area contributed by atoms with Crippen molar-refractivity contribution in [2.75, 3.05) is 25.5 Å². The molecule has 4 aromatic heterocycles. The molecule has 0 aromatic carbocycles. The summed E-state index contributed by atoms with van der Waals surface area (Å²) >= 11 is 0. The summed E-state index contributed by atoms with van der Waals surface area (Å²) < 4.78 is 63.8. The van der Waals surface area contributed by atoms with Crippen molar-refractivity contribution in [3.05, 3.63) is 47.9 Å². The zero-order valence-electron chi connectivity index (χ0n) is 23.0. The molecule has 1 saturated heterocycles. The van der Waals surface area contributed by atoms with Gasteiger partial charge in [-0.1, -0.05) is 5.16 Å². The van der Waals surface area contributed by atoms with E-state index in [1.54, 1.807) is 23.0 Å². The van der Waals surface area contributed by atoms with Gasteiger partial charge in [0.2, 0.25) is 11.7 Å². The third-order valence-corrected chi connectivity index (χ3v) is 6.81. The number of halogens is 4. The minimum Gasteiger partial charge on any atom is -0.376 e. The van der Waals surface area contributed by atoms with Crippen LogP contribution in [0.2, 0.25) is 0 Å². The van der Waals surface area contributed by atoms with Gasteiger partial charge in [0.1, 0.15) is 11.9 Å². The molecule has 41 heavy (non-hydrogen) atoms. The maximum absolute atomic E-state index is 14.7. The van der Waals surface area contributed by atoms with Gasteiger partial charge >= 0.3 is 6.18 Å². The Balaban J connectivity index is 1.40. The molecule has 0 spiro atoms. The van der Waals surface area contributed by atoms with Crippen molar-refractivity contribution < 1.29 is 26.9 Å². The van der Waals surface area contributed by atoms with Crippen molar-refractivity contribution in [2.24, 2.45) is 0 Å². The number of alkyl halides is 4. The molecule has 4 aromatic rings. The maximum atomic E-state index is 14.7. The van der Waals surface area contributed by atoms with E-state index in [2.05, 4.69) is 30.9 Å². The summed E-state index contributed by atoms with van der Waals surface area (Å²) in [7, 11) is 1.83. The molecule has 1 aliphatic heterocycles. The normalized spacial score (nSPS) is 18.6. The lowest BCUT2D eigenvalue weighted by atomic mass is 10.0. The number of pyridine rings is 1. The SMILES string of the molecule is CN1CC[C@@H](Nc2cccn3c(CC(F)(F)F)c(-c4noc(CNC(=O)c5cnn(C(C)(C)C)c5)n4)nc23)[C@@H](F)C1. The van der Waals surface area contributed by atoms with E-state index in [-0.39, 0.29) is 47.4 Å². The average Bonchev–Trinajstić information content (AvgIpc) is 3.63. The van der Waals surface area contributed by atoms with Crippen LogP contribution in [-0.2, 0) is 18.5 Å². The third kappa shape index (κ3) is 6.34. The molecule has 0 bridgehead atoms. The fourth-order valence-electron chi connectivity index (χ4n) is 4.67. The molecule has 0 aliphatic carbocycles. The van der Waals surface area contributed by atoms with E-state index in [4.69, 9.17) is 4.52 Å². The fourth-order valence-corrected chi connectivity index (χ4v) is 4.67. The first-order valence-electron chi connectivity index (χ1n) is 13.1. The molecule has 1 fully saturated rings. The molecular weight excluding hydrogens is 546 g/mol. The molecular formula is C26H31F4N9O2. The van der Waals surface area contributed by atoms with Gasteiger partial charge in [-0.3, -0.25) is 9.48 Å². The van der Waals surface area contributed by atoms with Gasteiger partial charge in [-0.25, -0.2) is 9.37 Å². The summed E-state index contributed by atoms with van der Waals surface area (Å²) in [6, 6.07) is 2.70. The number of amides is 1. The molecule has 11 nitrogen and oxygen atoms in total. The predicted octanol–water partition coefficient (Wildman–Crippen LogP) is 3.82. The van der Waals surface area contributed by atoms with Gasteiger partial charge in [-0.2, -0.15) is 23.3 Å². The molecule has 1 amide bonds. The largest absolute Gasteiger partial charge is 0.394 e. The Labute approximate surface area is 232 Å². The summed E-state index contributed by atoms with van der Waals surface area (Å²) in [6.07, 6.45) is -1.98. The van der Waals surface area contributed by atoms with Gasteiger partial charge < -0.3 is 24.5 Å². The first-order valence-corrected chi connectivity index (χ1v) is 13.1. The van der Waals surface area contributed by atoms with E-state index in [0.717, 1.165) is 0 Å². The van der Waals surface area contributed by atoms with Gasteiger partial charge in [-0.15, -0.1) is 0 Å². The number of imidazole rings is 1. The van der Waals surface area contributed by atoms with E-state index < -0.39 is 30.7 Å². The zero-order chi connectivity index (χ0) is 29.5. The summed E-state index contributed by atoms with van der Waals surface area (Å²) in [5, 5.41) is 13.8. The number of fused-ring (bicyclic) bond motifs is 1. The molecule has 0 radical (unpaired) electrons. The number of carbonyl (C=O) groups excluding carboxylic acids is 1. The Morgan fingerprint density at radius 2 is 2.00 bits per heavy atom. The standard InChI is InChI=1S/C26H31F4N9O2/c1-25(2,3)39-13-15(11-32-39)24(40)31-12-20-34-22(36-41-20)21-19(10-26(28,29)30)38-8-5-6-18(23(38)35-21)33-17-7-9-37(4)14-16(17)27/h5-6,8,11,13,16-17,33H,7,9-10,12,14H2,1-4H3,(H,31,40)/t16-,17+/m0/s1. The Bertz CT molecular complexity index is 1540. The molecule has 2 atom stereocenters. The van der Waals surface area contributed by atoms with Gasteiger partial charge in [-0.05, 0) is 46.4 Å². The second-order valence-electron chi connectivity index (χ2n) is 11.2. The van der Waals surface area contributed by atoms with Crippen LogP contribution in [0.1, 0.15) is 49.1 Å². The highest BCUT2D eigenvalue weighted by molar-refractivity contribution is 5.93. The first kappa shape index (κ1) is 28.5. The monoisotopic (exact) mass is 577 g/mol. The highest BCUT2D eigenvalue weighted by Crippen LogP contribution is 2.32.